The van der Waals surface area contributed by atoms with E-state index >= 15 is 0 Å². The molecule has 0 bridgehead atoms. The molecule has 0 atom stereocenters. The summed E-state index contributed by atoms with van der Waals surface area (Å²) in [6, 6.07) is 27.6. The average molecular weight is 2030 g/mol. The maximum Gasteiger partial charge on any atom is 0.483 e. The van der Waals surface area contributed by atoms with Gasteiger partial charge in [0.2, 0.25) is 23.8 Å². The number of piperidine rings is 4. The van der Waals surface area contributed by atoms with Crippen LogP contribution in [0.25, 0.3) is 43.6 Å². The third-order valence-electron chi connectivity index (χ3n) is 27.1. The van der Waals surface area contributed by atoms with Gasteiger partial charge in [-0.25, -0.2) is 55.1 Å². The van der Waals surface area contributed by atoms with E-state index in [0.717, 1.165) is 137 Å². The van der Waals surface area contributed by atoms with Crippen LogP contribution in [0.3, 0.4) is 0 Å². The van der Waals surface area contributed by atoms with Gasteiger partial charge in [0.1, 0.15) is 23.3 Å². The van der Waals surface area contributed by atoms with Crippen LogP contribution in [0.15, 0.2) is 122 Å². The minimum Gasteiger partial charge on any atom is -0.493 e. The Balaban J connectivity index is 0.000000139. The summed E-state index contributed by atoms with van der Waals surface area (Å²) in [5, 5.41) is 14.0. The van der Waals surface area contributed by atoms with Gasteiger partial charge in [-0.3, -0.25) is 20.3 Å². The number of halogens is 11. The predicted octanol–water partition coefficient (Wildman–Crippen LogP) is 18.9. The van der Waals surface area contributed by atoms with Crippen molar-refractivity contribution in [3.05, 3.63) is 139 Å². The molecule has 782 valence electrons. The molecule has 4 N–H and O–H groups in total. The first-order chi connectivity index (χ1) is 70.1. The summed E-state index contributed by atoms with van der Waals surface area (Å²) >= 11 is 0. The molecular formula is C103H130F11N23O8. The highest BCUT2D eigenvalue weighted by Crippen LogP contribution is 2.44. The highest BCUT2D eigenvalue weighted by molar-refractivity contribution is 5.96. The van der Waals surface area contributed by atoms with Gasteiger partial charge in [-0.15, -0.1) is 0 Å². The van der Waals surface area contributed by atoms with Crippen molar-refractivity contribution >= 4 is 90.7 Å². The zero-order valence-corrected chi connectivity index (χ0v) is 82.7. The van der Waals surface area contributed by atoms with Crippen LogP contribution in [0.4, 0.5) is 95.4 Å². The van der Waals surface area contributed by atoms with Crippen molar-refractivity contribution in [1.29, 1.82) is 0 Å². The van der Waals surface area contributed by atoms with Gasteiger partial charge in [0.15, 0.2) is 46.0 Å². The summed E-state index contributed by atoms with van der Waals surface area (Å²) in [6.07, 6.45) is 15.5. The van der Waals surface area contributed by atoms with E-state index in [1.807, 2.05) is 93.6 Å². The second-order valence-corrected chi connectivity index (χ2v) is 37.7. The highest BCUT2D eigenvalue weighted by Gasteiger charge is 2.41. The number of nitrogens with zero attached hydrogens (tertiary/aromatic N) is 19. The van der Waals surface area contributed by atoms with Crippen LogP contribution in [0.1, 0.15) is 145 Å². The number of hydrogen-bond acceptors (Lipinski definition) is 31. The average Bonchev–Trinajstić information content (AvgIpc) is 1.43. The van der Waals surface area contributed by atoms with E-state index < -0.39 is 48.6 Å². The minimum atomic E-state index is -4.74. The Labute approximate surface area is 836 Å². The molecule has 0 radical (unpaired) electrons. The molecule has 0 amide bonds. The van der Waals surface area contributed by atoms with Crippen LogP contribution in [0.2, 0.25) is 0 Å². The number of aromatic nitrogens is 11. The van der Waals surface area contributed by atoms with Gasteiger partial charge < -0.3 is 93.0 Å². The van der Waals surface area contributed by atoms with E-state index in [1.165, 1.54) is 80.8 Å². The van der Waals surface area contributed by atoms with E-state index in [4.69, 9.17) is 67.8 Å². The molecule has 4 aromatic carbocycles. The lowest BCUT2D eigenvalue weighted by Gasteiger charge is -2.32. The smallest absolute Gasteiger partial charge is 0.483 e. The van der Waals surface area contributed by atoms with E-state index in [2.05, 4.69) is 60.5 Å². The molecule has 145 heavy (non-hydrogen) atoms. The van der Waals surface area contributed by atoms with Crippen molar-refractivity contribution in [1.82, 2.24) is 74.4 Å². The van der Waals surface area contributed by atoms with E-state index in [1.54, 1.807) is 52.3 Å². The maximum absolute atomic E-state index is 13.8. The van der Waals surface area contributed by atoms with Crippen molar-refractivity contribution in [2.24, 2.45) is 0 Å². The van der Waals surface area contributed by atoms with Crippen molar-refractivity contribution in [3.8, 4) is 46.0 Å². The van der Waals surface area contributed by atoms with Gasteiger partial charge in [0.05, 0.1) is 89.2 Å². The second kappa shape index (κ2) is 49.6. The van der Waals surface area contributed by atoms with E-state index in [-0.39, 0.29) is 113 Å². The van der Waals surface area contributed by atoms with Crippen LogP contribution in [-0.4, -0.2) is 290 Å². The summed E-state index contributed by atoms with van der Waals surface area (Å²) in [5.74, 6) is -3.85. The predicted molar refractivity (Wildman–Crippen MR) is 537 cm³/mol. The minimum absolute atomic E-state index is 0.0418. The first-order valence-electron chi connectivity index (χ1n) is 50.4. The molecule has 8 aliphatic heterocycles. The van der Waals surface area contributed by atoms with Crippen LogP contribution < -0.4 is 78.8 Å². The molecule has 15 heterocycles. The molecule has 19 rings (SSSR count). The number of fused-ring (bicyclic) bond motifs is 4. The number of methoxy groups -OCH3 is 4. The fraction of sp³-hybridized carbons (Fsp3) is 0.544. The van der Waals surface area contributed by atoms with Gasteiger partial charge >= 0.3 is 6.30 Å². The van der Waals surface area contributed by atoms with Gasteiger partial charge in [-0.2, -0.15) is 33.1 Å². The summed E-state index contributed by atoms with van der Waals surface area (Å²) in [7, 11) is 6.25. The van der Waals surface area contributed by atoms with Crippen LogP contribution in [0, 0.1) is 0 Å². The summed E-state index contributed by atoms with van der Waals surface area (Å²) in [5.41, 5.74) is 5.12. The summed E-state index contributed by atoms with van der Waals surface area (Å²) in [4.78, 5) is 66.2. The number of nitrogens with one attached hydrogen (secondary N) is 4. The van der Waals surface area contributed by atoms with Gasteiger partial charge in [-0.05, 0) is 195 Å². The number of pyridine rings is 3. The lowest BCUT2D eigenvalue weighted by molar-refractivity contribution is -0.100. The normalized spacial score (nSPS) is 18.0. The van der Waals surface area contributed by atoms with Crippen LogP contribution in [-0.2, 0) is 19.6 Å². The Bertz CT molecular complexity index is 5520. The van der Waals surface area contributed by atoms with Crippen molar-refractivity contribution in [2.75, 3.05) is 227 Å². The molecule has 8 aliphatic rings. The number of ether oxygens (including phenoxy) is 8. The van der Waals surface area contributed by atoms with Crippen molar-refractivity contribution in [3.63, 3.8) is 0 Å². The van der Waals surface area contributed by atoms with Crippen LogP contribution in [0.5, 0.6) is 46.0 Å². The van der Waals surface area contributed by atoms with Crippen LogP contribution >= 0.6 is 0 Å². The fourth-order valence-corrected chi connectivity index (χ4v) is 18.9. The zero-order valence-electron chi connectivity index (χ0n) is 82.7. The van der Waals surface area contributed by atoms with E-state index in [0.29, 0.717) is 138 Å². The molecular weight excluding hydrogens is 1900 g/mol. The third kappa shape index (κ3) is 29.9. The number of benzene rings is 4. The second-order valence-electron chi connectivity index (χ2n) is 37.7. The summed E-state index contributed by atoms with van der Waals surface area (Å²) in [6.45, 7) is 17.8. The molecule has 11 aromatic rings. The molecule has 42 heteroatoms. The topological polar surface area (TPSA) is 290 Å². The molecule has 7 aromatic heterocycles. The first-order valence-corrected chi connectivity index (χ1v) is 50.4. The zero-order chi connectivity index (χ0) is 101. The maximum atomic E-state index is 13.8. The van der Waals surface area contributed by atoms with Crippen molar-refractivity contribution in [2.45, 2.75) is 178 Å². The standard InChI is InChI=1S/3C27H34F2N6O2.C22H28F5N5O2/c1-36-23-17-21-22(18-24(23)37-16-4-13-34-11-2-3-12-34)32-26(35-14-7-27(28,29)8-15-35)33-25(21)31-19-20-5-9-30-10-6-20;1-36-23-16-21-22(17-24(23)37-15-5-12-34-10-2-3-11-34)32-26(35-13-7-27(28,29)8-14-35)33-25(21)31-19-20-6-4-9-30-18-20;1-36-23-17-21-22(18-24(23)37-16-6-13-34-11-4-5-12-34)32-26(35-14-8-27(28,29)9-15-35)33-25(21)31-19-20-7-2-3-10-30-20;1-33-17-13-15-16(14-18(17)34-12-4-9-31-7-2-3-8-31)28-20(29-19(15)30-22(25,26)27)32-10-5-21(23,24)6-11-32/h5-6,9-10,17-18H,2-4,7-8,11-16,19H2,1H3,(H,31,32,33);4,6,9,16-18H,2-3,5,7-8,10-15,19H2,1H3,(H,31,32,33);2-3,7,10,17-18H,4-6,8-9,11-16,19H2,1H3,(H,31,32,33);13-14H,2-12H2,1H3,(H,28,29,30). The molecule has 31 nitrogen and oxygen atoms in total. The Morgan fingerprint density at radius 1 is 0.310 bits per heavy atom. The Kier molecular flexibility index (Phi) is 36.1. The monoisotopic (exact) mass is 2030 g/mol. The molecule has 8 fully saturated rings. The van der Waals surface area contributed by atoms with Gasteiger partial charge in [-0.1, -0.05) is 12.1 Å². The number of hydrogen-bond donors (Lipinski definition) is 4. The lowest BCUT2D eigenvalue weighted by atomic mass is 10.1. The molecule has 0 saturated carbocycles. The largest absolute Gasteiger partial charge is 0.493 e. The third-order valence-corrected chi connectivity index (χ3v) is 27.1. The SMILES string of the molecule is COc1cc2c(NC(F)(F)F)nc(N3CCC(F)(F)CC3)nc2cc1OCCCN1CCCC1.COc1cc2c(NCc3ccccn3)nc(N3CCC(F)(F)CC3)nc2cc1OCCCN1CCCC1.COc1cc2c(NCc3cccnc3)nc(N3CCC(F)(F)CC3)nc2cc1OCCCN1CCCC1.COc1cc2c(NCc3ccncc3)nc(N3CCC(F)(F)CC3)nc2cc1OCCCN1CCCC1. The lowest BCUT2D eigenvalue weighted by Crippen LogP contribution is -2.40. The fourth-order valence-electron chi connectivity index (χ4n) is 18.9. The molecule has 8 saturated heterocycles. The number of likely N-dealkylation sites (tertiary alicyclic amines) is 4. The summed E-state index contributed by atoms with van der Waals surface area (Å²) < 4.78 is 196. The molecule has 0 unspecified atom stereocenters. The first kappa shape index (κ1) is 105. The number of rotatable bonds is 38. The van der Waals surface area contributed by atoms with Gasteiger partial charge in [0, 0.05) is 220 Å². The van der Waals surface area contributed by atoms with E-state index in [9.17, 15) is 48.3 Å². The van der Waals surface area contributed by atoms with Crippen molar-refractivity contribution < 1.29 is 86.2 Å². The Hall–Kier alpha value is -12.4. The highest BCUT2D eigenvalue weighted by atomic mass is 19.4. The number of alkyl halides is 11. The number of anilines is 8. The Morgan fingerprint density at radius 2 is 0.614 bits per heavy atom. The quantitative estimate of drug-likeness (QED) is 0.0159. The Morgan fingerprint density at radius 3 is 0.903 bits per heavy atom. The van der Waals surface area contributed by atoms with Gasteiger partial charge in [0.25, 0.3) is 23.7 Å². The molecule has 0 spiro atoms. The molecule has 0 aliphatic carbocycles.